The van der Waals surface area contributed by atoms with Gasteiger partial charge in [-0.25, -0.2) is 4.98 Å². The van der Waals surface area contributed by atoms with Gasteiger partial charge >= 0.3 is 0 Å². The van der Waals surface area contributed by atoms with Gasteiger partial charge in [-0.3, -0.25) is 10.1 Å². The topological polar surface area (TPSA) is 96.6 Å². The van der Waals surface area contributed by atoms with Crippen LogP contribution in [0.15, 0.2) is 65.1 Å². The van der Waals surface area contributed by atoms with Gasteiger partial charge in [0.05, 0.1) is 12.2 Å². The molecule has 4 aromatic rings. The van der Waals surface area contributed by atoms with E-state index < -0.39 is 0 Å². The second kappa shape index (κ2) is 9.70. The van der Waals surface area contributed by atoms with Crippen LogP contribution >= 0.6 is 12.2 Å². The van der Waals surface area contributed by atoms with Crippen LogP contribution in [0.1, 0.15) is 29.8 Å². The highest BCUT2D eigenvalue weighted by atomic mass is 32.1. The molecule has 0 radical (unpaired) electrons. The molecule has 0 saturated heterocycles. The highest BCUT2D eigenvalue weighted by Crippen LogP contribution is 2.33. The molecule has 0 unspecified atom stereocenters. The summed E-state index contributed by atoms with van der Waals surface area (Å²) in [5.74, 6) is 0.640. The fraction of sp³-hybridized carbons (Fsp3) is 0.160. The first-order valence-electron chi connectivity index (χ1n) is 10.5. The number of aryl methyl sites for hydroxylation is 1. The van der Waals surface area contributed by atoms with E-state index in [0.29, 0.717) is 40.6 Å². The molecule has 1 heterocycles. The Bertz CT molecular complexity index is 1320. The average Bonchev–Trinajstić information content (AvgIpc) is 3.22. The number of hydrogen-bond acceptors (Lipinski definition) is 6. The molecular formula is C25H23N3O4S. The first-order chi connectivity index (χ1) is 16.0. The zero-order chi connectivity index (χ0) is 23.4. The summed E-state index contributed by atoms with van der Waals surface area (Å²) >= 11 is 5.24. The van der Waals surface area contributed by atoms with Crippen molar-refractivity contribution in [3.05, 3.63) is 71.8 Å². The van der Waals surface area contributed by atoms with Gasteiger partial charge in [0, 0.05) is 17.3 Å². The number of amides is 1. The number of thiocarbonyl (C=S) groups is 1. The van der Waals surface area contributed by atoms with Crippen molar-refractivity contribution in [2.75, 3.05) is 11.9 Å². The summed E-state index contributed by atoms with van der Waals surface area (Å²) in [6, 6.07) is 17.5. The molecule has 168 valence electrons. The van der Waals surface area contributed by atoms with E-state index in [1.54, 1.807) is 36.4 Å². The van der Waals surface area contributed by atoms with E-state index in [1.165, 1.54) is 6.07 Å². The van der Waals surface area contributed by atoms with Crippen molar-refractivity contribution in [2.45, 2.75) is 20.3 Å². The Hall–Kier alpha value is -3.91. The van der Waals surface area contributed by atoms with E-state index in [1.807, 2.05) is 25.1 Å². The lowest BCUT2D eigenvalue weighted by Gasteiger charge is -2.11. The summed E-state index contributed by atoms with van der Waals surface area (Å²) in [5.41, 5.74) is 3.97. The SMILES string of the molecule is CCOc1ccc(C(=O)NC(=S)Nc2ccc(-c3nc4cc(CC)ccc4o3)c(O)c2)cc1. The summed E-state index contributed by atoms with van der Waals surface area (Å²) in [6.07, 6.45) is 0.902. The minimum absolute atomic E-state index is 0.0251. The van der Waals surface area contributed by atoms with Crippen molar-refractivity contribution < 1.29 is 19.1 Å². The quantitative estimate of drug-likeness (QED) is 0.336. The van der Waals surface area contributed by atoms with Crippen LogP contribution in [-0.4, -0.2) is 27.7 Å². The minimum Gasteiger partial charge on any atom is -0.507 e. The molecule has 0 bridgehead atoms. The number of ether oxygens (including phenoxy) is 1. The van der Waals surface area contributed by atoms with E-state index >= 15 is 0 Å². The summed E-state index contributed by atoms with van der Waals surface area (Å²) in [6.45, 7) is 4.52. The fourth-order valence-corrected chi connectivity index (χ4v) is 3.52. The van der Waals surface area contributed by atoms with Gasteiger partial charge in [0.2, 0.25) is 5.89 Å². The lowest BCUT2D eigenvalue weighted by atomic mass is 10.1. The smallest absolute Gasteiger partial charge is 0.257 e. The van der Waals surface area contributed by atoms with E-state index in [4.69, 9.17) is 21.4 Å². The van der Waals surface area contributed by atoms with Gasteiger partial charge in [-0.1, -0.05) is 13.0 Å². The number of carbonyl (C=O) groups excluding carboxylic acids is 1. The summed E-state index contributed by atoms with van der Waals surface area (Å²) in [7, 11) is 0. The Morgan fingerprint density at radius 2 is 1.88 bits per heavy atom. The predicted molar refractivity (Wildman–Crippen MR) is 132 cm³/mol. The number of oxazole rings is 1. The van der Waals surface area contributed by atoms with Gasteiger partial charge in [0.25, 0.3) is 5.91 Å². The van der Waals surface area contributed by atoms with Crippen LogP contribution in [0.25, 0.3) is 22.6 Å². The molecule has 0 aliphatic carbocycles. The molecule has 0 aliphatic rings. The number of nitrogens with one attached hydrogen (secondary N) is 2. The molecule has 7 nitrogen and oxygen atoms in total. The van der Waals surface area contributed by atoms with E-state index in [2.05, 4.69) is 22.5 Å². The maximum Gasteiger partial charge on any atom is 0.257 e. The third-order valence-corrected chi connectivity index (χ3v) is 5.20. The monoisotopic (exact) mass is 461 g/mol. The average molecular weight is 462 g/mol. The van der Waals surface area contributed by atoms with Crippen LogP contribution in [0.5, 0.6) is 11.5 Å². The number of nitrogens with zero attached hydrogens (tertiary/aromatic N) is 1. The highest BCUT2D eigenvalue weighted by Gasteiger charge is 2.14. The molecule has 0 fully saturated rings. The molecule has 0 atom stereocenters. The predicted octanol–water partition coefficient (Wildman–Crippen LogP) is 5.29. The maximum absolute atomic E-state index is 12.4. The minimum atomic E-state index is -0.352. The van der Waals surface area contributed by atoms with Crippen molar-refractivity contribution in [1.29, 1.82) is 0 Å². The van der Waals surface area contributed by atoms with Crippen LogP contribution < -0.4 is 15.4 Å². The number of fused-ring (bicyclic) bond motifs is 1. The molecular weight excluding hydrogens is 438 g/mol. The van der Waals surface area contributed by atoms with Crippen molar-refractivity contribution in [1.82, 2.24) is 10.3 Å². The Kier molecular flexibility index (Phi) is 6.55. The number of benzene rings is 3. The second-order valence-electron chi connectivity index (χ2n) is 7.27. The van der Waals surface area contributed by atoms with E-state index in [0.717, 1.165) is 17.5 Å². The zero-order valence-electron chi connectivity index (χ0n) is 18.2. The van der Waals surface area contributed by atoms with Crippen LogP contribution in [0.3, 0.4) is 0 Å². The van der Waals surface area contributed by atoms with Crippen molar-refractivity contribution >= 4 is 40.0 Å². The summed E-state index contributed by atoms with van der Waals surface area (Å²) < 4.78 is 11.2. The number of hydrogen-bond donors (Lipinski definition) is 3. The van der Waals surface area contributed by atoms with Crippen molar-refractivity contribution in [2.24, 2.45) is 0 Å². The Labute approximate surface area is 196 Å². The molecule has 0 spiro atoms. The number of aromatic hydroxyl groups is 1. The third-order valence-electron chi connectivity index (χ3n) is 5.00. The van der Waals surface area contributed by atoms with Crippen LogP contribution in [0.2, 0.25) is 0 Å². The molecule has 3 aromatic carbocycles. The zero-order valence-corrected chi connectivity index (χ0v) is 19.0. The maximum atomic E-state index is 12.4. The first-order valence-corrected chi connectivity index (χ1v) is 11.0. The molecule has 1 amide bonds. The number of phenolic OH excluding ortho intramolecular Hbond substituents is 1. The number of rotatable bonds is 6. The Morgan fingerprint density at radius 3 is 2.58 bits per heavy atom. The number of carbonyl (C=O) groups is 1. The van der Waals surface area contributed by atoms with Gasteiger partial charge in [-0.15, -0.1) is 0 Å². The van der Waals surface area contributed by atoms with Crippen LogP contribution in [0.4, 0.5) is 5.69 Å². The lowest BCUT2D eigenvalue weighted by Crippen LogP contribution is -2.34. The van der Waals surface area contributed by atoms with Gasteiger partial charge in [0.15, 0.2) is 10.7 Å². The molecule has 1 aromatic heterocycles. The van der Waals surface area contributed by atoms with Crippen molar-refractivity contribution in [3.63, 3.8) is 0 Å². The number of phenols is 1. The first kappa shape index (κ1) is 22.3. The van der Waals surface area contributed by atoms with E-state index in [9.17, 15) is 9.90 Å². The molecule has 0 saturated carbocycles. The van der Waals surface area contributed by atoms with Gasteiger partial charge in [-0.2, -0.15) is 0 Å². The molecule has 3 N–H and O–H groups in total. The highest BCUT2D eigenvalue weighted by molar-refractivity contribution is 7.80. The standard InChI is InChI=1S/C25H23N3O4S/c1-3-15-5-12-22-20(13-15)27-24(32-22)19-11-8-17(14-21(19)29)26-25(33)28-23(30)16-6-9-18(10-7-16)31-4-2/h5-14,29H,3-4H2,1-2H3,(H2,26,28,30,33). The molecule has 33 heavy (non-hydrogen) atoms. The molecule has 0 aliphatic heterocycles. The third kappa shape index (κ3) is 5.12. The van der Waals surface area contributed by atoms with Gasteiger partial charge in [-0.05, 0) is 79.7 Å². The van der Waals surface area contributed by atoms with Gasteiger partial charge < -0.3 is 19.6 Å². The fourth-order valence-electron chi connectivity index (χ4n) is 3.31. The largest absolute Gasteiger partial charge is 0.507 e. The van der Waals surface area contributed by atoms with Crippen LogP contribution in [0, 0.1) is 0 Å². The number of anilines is 1. The Balaban J connectivity index is 1.43. The van der Waals surface area contributed by atoms with Gasteiger partial charge in [0.1, 0.15) is 17.0 Å². The molecule has 4 rings (SSSR count). The molecule has 8 heteroatoms. The summed E-state index contributed by atoms with van der Waals surface area (Å²) in [5, 5.41) is 16.2. The Morgan fingerprint density at radius 1 is 1.09 bits per heavy atom. The number of aromatic nitrogens is 1. The summed E-state index contributed by atoms with van der Waals surface area (Å²) in [4.78, 5) is 16.9. The van der Waals surface area contributed by atoms with Crippen LogP contribution in [-0.2, 0) is 6.42 Å². The van der Waals surface area contributed by atoms with E-state index in [-0.39, 0.29) is 16.8 Å². The normalized spacial score (nSPS) is 10.7. The lowest BCUT2D eigenvalue weighted by molar-refractivity contribution is 0.0977. The van der Waals surface area contributed by atoms with Crippen molar-refractivity contribution in [3.8, 4) is 23.0 Å². The second-order valence-corrected chi connectivity index (χ2v) is 7.68.